The molecule has 106 valence electrons. The second-order valence-corrected chi connectivity index (χ2v) is 3.47. The summed E-state index contributed by atoms with van der Waals surface area (Å²) in [7, 11) is 5.48. The molecule has 0 aliphatic heterocycles. The average molecular weight is 253 g/mol. The minimum absolute atomic E-state index is 0.0675. The van der Waals surface area contributed by atoms with Gasteiger partial charge in [0.2, 0.25) is 0 Å². The van der Waals surface area contributed by atoms with E-state index in [1.807, 2.05) is 19.0 Å². The highest BCUT2D eigenvalue weighted by Gasteiger charge is 1.87. The Morgan fingerprint density at radius 2 is 1.35 bits per heavy atom. The zero-order valence-electron chi connectivity index (χ0n) is 11.2. The first-order valence-corrected chi connectivity index (χ1v) is 5.69. The molecule has 0 aliphatic carbocycles. The second-order valence-electron chi connectivity index (χ2n) is 3.47. The fourth-order valence-corrected chi connectivity index (χ4v) is 0.729. The molecule has 0 amide bonds. The van der Waals surface area contributed by atoms with E-state index in [0.29, 0.717) is 33.0 Å². The number of hydrogen-bond donors (Lipinski definition) is 2. The monoisotopic (exact) mass is 253 g/mol. The summed E-state index contributed by atoms with van der Waals surface area (Å²) in [6.45, 7) is 3.77. The van der Waals surface area contributed by atoms with Crippen molar-refractivity contribution in [3.8, 4) is 0 Å². The summed E-state index contributed by atoms with van der Waals surface area (Å²) in [6, 6.07) is 0. The van der Waals surface area contributed by atoms with Crippen LogP contribution in [0.2, 0.25) is 0 Å². The number of hydrogen-bond acceptors (Lipinski definition) is 6. The summed E-state index contributed by atoms with van der Waals surface area (Å²) in [5.74, 6) is 0. The Morgan fingerprint density at radius 3 is 1.71 bits per heavy atom. The quantitative estimate of drug-likeness (QED) is 0.497. The molecule has 17 heavy (non-hydrogen) atoms. The van der Waals surface area contributed by atoms with E-state index in [9.17, 15) is 0 Å². The van der Waals surface area contributed by atoms with Crippen molar-refractivity contribution >= 4 is 0 Å². The molecular weight excluding hydrogens is 226 g/mol. The summed E-state index contributed by atoms with van der Waals surface area (Å²) in [5.41, 5.74) is 0. The van der Waals surface area contributed by atoms with Crippen LogP contribution in [0.3, 0.4) is 0 Å². The lowest BCUT2D eigenvalue weighted by molar-refractivity contribution is 0.0159. The third-order valence-electron chi connectivity index (χ3n) is 1.59. The maximum absolute atomic E-state index is 8.32. The summed E-state index contributed by atoms with van der Waals surface area (Å²) >= 11 is 0. The van der Waals surface area contributed by atoms with Crippen LogP contribution in [0.5, 0.6) is 0 Å². The van der Waals surface area contributed by atoms with Gasteiger partial charge in [0.05, 0.1) is 46.2 Å². The minimum atomic E-state index is 0.0675. The topological polar surface area (TPSA) is 71.4 Å². The molecule has 0 aliphatic rings. The van der Waals surface area contributed by atoms with Crippen LogP contribution in [-0.4, -0.2) is 89.1 Å². The van der Waals surface area contributed by atoms with Gasteiger partial charge in [-0.2, -0.15) is 0 Å². The summed E-state index contributed by atoms with van der Waals surface area (Å²) in [5, 5.41) is 16.5. The Morgan fingerprint density at radius 1 is 0.824 bits per heavy atom. The van der Waals surface area contributed by atoms with Crippen LogP contribution < -0.4 is 0 Å². The van der Waals surface area contributed by atoms with E-state index in [-0.39, 0.29) is 13.2 Å². The van der Waals surface area contributed by atoms with Crippen LogP contribution in [0.4, 0.5) is 0 Å². The molecule has 6 heteroatoms. The zero-order chi connectivity index (χ0) is 13.4. The van der Waals surface area contributed by atoms with Gasteiger partial charge in [-0.1, -0.05) is 0 Å². The van der Waals surface area contributed by atoms with Gasteiger partial charge in [0.1, 0.15) is 0 Å². The summed E-state index contributed by atoms with van der Waals surface area (Å²) in [6.07, 6.45) is 0. The molecule has 0 bridgehead atoms. The van der Waals surface area contributed by atoms with Crippen molar-refractivity contribution in [2.75, 3.05) is 74.0 Å². The van der Waals surface area contributed by atoms with E-state index in [0.717, 1.165) is 6.54 Å². The lowest BCUT2D eigenvalue weighted by atomic mass is 10.6. The van der Waals surface area contributed by atoms with E-state index < -0.39 is 0 Å². The molecule has 6 nitrogen and oxygen atoms in total. The van der Waals surface area contributed by atoms with Crippen molar-refractivity contribution in [3.05, 3.63) is 0 Å². The molecule has 0 radical (unpaired) electrons. The third kappa shape index (κ3) is 25.8. The molecule has 0 rings (SSSR count). The smallest absolute Gasteiger partial charge is 0.0701 e. The van der Waals surface area contributed by atoms with Gasteiger partial charge in [-0.3, -0.25) is 0 Å². The molecule has 0 spiro atoms. The SMILES string of the molecule is CN(C)CCO.COCCOCCOCCO. The minimum Gasteiger partial charge on any atom is -0.395 e. The number of aliphatic hydroxyl groups excluding tert-OH is 2. The Labute approximate surface area is 104 Å². The number of rotatable bonds is 10. The van der Waals surface area contributed by atoms with Crippen LogP contribution in [-0.2, 0) is 14.2 Å². The molecule has 0 unspecified atom stereocenters. The van der Waals surface area contributed by atoms with E-state index in [1.165, 1.54) is 0 Å². The maximum atomic E-state index is 8.32. The van der Waals surface area contributed by atoms with Crippen LogP contribution >= 0.6 is 0 Å². The van der Waals surface area contributed by atoms with E-state index in [1.54, 1.807) is 7.11 Å². The predicted octanol–water partition coefficient (Wildman–Crippen LogP) is -0.801. The molecule has 0 fully saturated rings. The first-order valence-electron chi connectivity index (χ1n) is 5.69. The molecule has 0 atom stereocenters. The van der Waals surface area contributed by atoms with E-state index in [4.69, 9.17) is 24.4 Å². The largest absolute Gasteiger partial charge is 0.395 e. The van der Waals surface area contributed by atoms with Gasteiger partial charge in [0.15, 0.2) is 0 Å². The highest BCUT2D eigenvalue weighted by atomic mass is 16.5. The van der Waals surface area contributed by atoms with Crippen molar-refractivity contribution < 1.29 is 24.4 Å². The molecule has 0 aromatic heterocycles. The fourth-order valence-electron chi connectivity index (χ4n) is 0.729. The fraction of sp³-hybridized carbons (Fsp3) is 1.00. The maximum Gasteiger partial charge on any atom is 0.0701 e. The zero-order valence-corrected chi connectivity index (χ0v) is 11.2. The van der Waals surface area contributed by atoms with Gasteiger partial charge in [0, 0.05) is 13.7 Å². The number of nitrogens with zero attached hydrogens (tertiary/aromatic N) is 1. The molecule has 2 N–H and O–H groups in total. The Hall–Kier alpha value is -0.240. The molecule has 0 saturated carbocycles. The molecule has 0 heterocycles. The van der Waals surface area contributed by atoms with Crippen molar-refractivity contribution in [2.24, 2.45) is 0 Å². The van der Waals surface area contributed by atoms with Gasteiger partial charge in [0.25, 0.3) is 0 Å². The molecule has 0 aromatic rings. The van der Waals surface area contributed by atoms with Crippen molar-refractivity contribution in [2.45, 2.75) is 0 Å². The van der Waals surface area contributed by atoms with Crippen LogP contribution in [0, 0.1) is 0 Å². The van der Waals surface area contributed by atoms with Crippen LogP contribution in [0.15, 0.2) is 0 Å². The van der Waals surface area contributed by atoms with Crippen molar-refractivity contribution in [1.29, 1.82) is 0 Å². The van der Waals surface area contributed by atoms with Crippen molar-refractivity contribution in [1.82, 2.24) is 4.90 Å². The van der Waals surface area contributed by atoms with Crippen LogP contribution in [0.1, 0.15) is 0 Å². The first-order chi connectivity index (χ1) is 8.18. The summed E-state index contributed by atoms with van der Waals surface area (Å²) < 4.78 is 14.8. The Bertz CT molecular complexity index is 116. The highest BCUT2D eigenvalue weighted by Crippen LogP contribution is 1.78. The lowest BCUT2D eigenvalue weighted by Gasteiger charge is -2.03. The number of aliphatic hydroxyl groups is 2. The third-order valence-corrected chi connectivity index (χ3v) is 1.59. The van der Waals surface area contributed by atoms with Gasteiger partial charge in [-0.05, 0) is 14.1 Å². The molecule has 0 saturated heterocycles. The van der Waals surface area contributed by atoms with Gasteiger partial charge >= 0.3 is 0 Å². The first kappa shape index (κ1) is 19.1. The number of likely N-dealkylation sites (N-methyl/N-ethyl adjacent to an activating group) is 1. The Balaban J connectivity index is 0. The van der Waals surface area contributed by atoms with Gasteiger partial charge in [-0.15, -0.1) is 0 Å². The predicted molar refractivity (Wildman–Crippen MR) is 66.2 cm³/mol. The van der Waals surface area contributed by atoms with Gasteiger partial charge in [-0.25, -0.2) is 0 Å². The van der Waals surface area contributed by atoms with E-state index >= 15 is 0 Å². The standard InChI is InChI=1S/C7H16O4.C4H11NO/c1-9-4-5-11-7-6-10-3-2-8;1-5(2)3-4-6/h8H,2-7H2,1H3;6H,3-4H2,1-2H3. The number of ether oxygens (including phenoxy) is 3. The van der Waals surface area contributed by atoms with Crippen LogP contribution in [0.25, 0.3) is 0 Å². The molecule has 0 aromatic carbocycles. The van der Waals surface area contributed by atoms with Gasteiger partial charge < -0.3 is 29.3 Å². The normalized spacial score (nSPS) is 10.2. The lowest BCUT2D eigenvalue weighted by Crippen LogP contribution is -2.15. The van der Waals surface area contributed by atoms with Crippen molar-refractivity contribution in [3.63, 3.8) is 0 Å². The number of methoxy groups -OCH3 is 1. The average Bonchev–Trinajstić information content (AvgIpc) is 2.29. The Kier molecular flexibility index (Phi) is 20.4. The molecular formula is C11H27NO5. The van der Waals surface area contributed by atoms with E-state index in [2.05, 4.69) is 0 Å². The highest BCUT2D eigenvalue weighted by molar-refractivity contribution is 4.34. The second kappa shape index (κ2) is 18.1. The summed E-state index contributed by atoms with van der Waals surface area (Å²) in [4.78, 5) is 1.93.